The Morgan fingerprint density at radius 2 is 1.65 bits per heavy atom. The van der Waals surface area contributed by atoms with E-state index >= 15 is 0 Å². The van der Waals surface area contributed by atoms with Crippen molar-refractivity contribution in [2.24, 2.45) is 0 Å². The number of aromatic nitrogens is 3. The van der Waals surface area contributed by atoms with Gasteiger partial charge in [0.25, 0.3) is 0 Å². The van der Waals surface area contributed by atoms with Gasteiger partial charge in [0.05, 0.1) is 5.69 Å². The Bertz CT molecular complexity index is 850. The van der Waals surface area contributed by atoms with Gasteiger partial charge in [0.15, 0.2) is 0 Å². The fraction of sp³-hybridized carbons (Fsp3) is 0.167. The fourth-order valence-corrected chi connectivity index (χ4v) is 3.00. The minimum atomic E-state index is 0.255. The van der Waals surface area contributed by atoms with Gasteiger partial charge in [0.2, 0.25) is 5.95 Å². The molecule has 0 bridgehead atoms. The Kier molecular flexibility index (Phi) is 4.01. The van der Waals surface area contributed by atoms with Crippen LogP contribution in [-0.4, -0.2) is 15.0 Å². The van der Waals surface area contributed by atoms with Crippen molar-refractivity contribution in [2.75, 3.05) is 5.73 Å². The highest BCUT2D eigenvalue weighted by molar-refractivity contribution is 6.29. The summed E-state index contributed by atoms with van der Waals surface area (Å²) in [5.74, 6) is 0.255. The van der Waals surface area contributed by atoms with Gasteiger partial charge in [-0.1, -0.05) is 29.3 Å². The minimum absolute atomic E-state index is 0.255. The van der Waals surface area contributed by atoms with Crippen LogP contribution in [0.2, 0.25) is 5.15 Å². The topological polar surface area (TPSA) is 64.7 Å². The van der Waals surface area contributed by atoms with Gasteiger partial charge in [0, 0.05) is 29.1 Å². The average Bonchev–Trinajstić information content (AvgIpc) is 2.47. The summed E-state index contributed by atoms with van der Waals surface area (Å²) in [4.78, 5) is 12.8. The predicted octanol–water partition coefficient (Wildman–Crippen LogP) is 4.37. The first-order chi connectivity index (χ1) is 11.0. The number of hydrogen-bond acceptors (Lipinski definition) is 4. The van der Waals surface area contributed by atoms with Crippen LogP contribution < -0.4 is 5.73 Å². The number of nitrogens with two attached hydrogens (primary N) is 1. The molecule has 2 heterocycles. The van der Waals surface area contributed by atoms with E-state index in [4.69, 9.17) is 17.3 Å². The molecule has 3 rings (SSSR count). The van der Waals surface area contributed by atoms with Gasteiger partial charge >= 0.3 is 0 Å². The SMILES string of the molecule is Cc1cc(C)c(-c2nc(N)ncc2-c2ccc(Cl)nc2)c(C)c1. The average molecular weight is 325 g/mol. The van der Waals surface area contributed by atoms with Crippen LogP contribution in [0.3, 0.4) is 0 Å². The molecule has 5 heteroatoms. The molecule has 0 unspecified atom stereocenters. The summed E-state index contributed by atoms with van der Waals surface area (Å²) < 4.78 is 0. The number of hydrogen-bond donors (Lipinski definition) is 1. The molecular weight excluding hydrogens is 308 g/mol. The molecule has 0 spiro atoms. The van der Waals surface area contributed by atoms with E-state index in [1.54, 1.807) is 18.5 Å². The number of rotatable bonds is 2. The smallest absolute Gasteiger partial charge is 0.220 e. The van der Waals surface area contributed by atoms with E-state index in [-0.39, 0.29) is 5.95 Å². The number of aryl methyl sites for hydroxylation is 3. The second kappa shape index (κ2) is 5.97. The van der Waals surface area contributed by atoms with Crippen molar-refractivity contribution in [3.8, 4) is 22.4 Å². The third-order valence-electron chi connectivity index (χ3n) is 3.76. The highest BCUT2D eigenvalue weighted by Gasteiger charge is 2.15. The van der Waals surface area contributed by atoms with Gasteiger partial charge in [-0.05, 0) is 44.0 Å². The third-order valence-corrected chi connectivity index (χ3v) is 3.98. The van der Waals surface area contributed by atoms with Crippen LogP contribution in [-0.2, 0) is 0 Å². The summed E-state index contributed by atoms with van der Waals surface area (Å²) in [5, 5.41) is 0.453. The van der Waals surface area contributed by atoms with Crippen molar-refractivity contribution < 1.29 is 0 Å². The normalized spacial score (nSPS) is 10.8. The molecule has 0 amide bonds. The van der Waals surface area contributed by atoms with Gasteiger partial charge < -0.3 is 5.73 Å². The van der Waals surface area contributed by atoms with Crippen LogP contribution in [0.1, 0.15) is 16.7 Å². The van der Waals surface area contributed by atoms with Gasteiger partial charge in [-0.15, -0.1) is 0 Å². The zero-order valence-electron chi connectivity index (χ0n) is 13.3. The van der Waals surface area contributed by atoms with Crippen molar-refractivity contribution in [3.05, 3.63) is 58.5 Å². The van der Waals surface area contributed by atoms with Crippen molar-refractivity contribution in [2.45, 2.75) is 20.8 Å². The monoisotopic (exact) mass is 324 g/mol. The summed E-state index contributed by atoms with van der Waals surface area (Å²) in [7, 11) is 0. The van der Waals surface area contributed by atoms with E-state index in [1.807, 2.05) is 6.07 Å². The Labute approximate surface area is 140 Å². The van der Waals surface area contributed by atoms with E-state index in [2.05, 4.69) is 47.9 Å². The number of nitrogens with zero attached hydrogens (tertiary/aromatic N) is 3. The van der Waals surface area contributed by atoms with Crippen LogP contribution in [0.4, 0.5) is 5.95 Å². The first-order valence-corrected chi connectivity index (χ1v) is 7.66. The van der Waals surface area contributed by atoms with Crippen molar-refractivity contribution in [1.82, 2.24) is 15.0 Å². The first-order valence-electron chi connectivity index (χ1n) is 7.28. The molecule has 1 aromatic carbocycles. The van der Waals surface area contributed by atoms with Crippen molar-refractivity contribution >= 4 is 17.5 Å². The van der Waals surface area contributed by atoms with Crippen LogP contribution in [0.15, 0.2) is 36.7 Å². The molecule has 4 nitrogen and oxygen atoms in total. The summed E-state index contributed by atoms with van der Waals surface area (Å²) >= 11 is 5.89. The summed E-state index contributed by atoms with van der Waals surface area (Å²) in [6.07, 6.45) is 3.46. The molecule has 0 aliphatic heterocycles. The molecule has 0 radical (unpaired) electrons. The Hall–Kier alpha value is -2.46. The lowest BCUT2D eigenvalue weighted by molar-refractivity contribution is 1.17. The number of nitrogen functional groups attached to an aromatic ring is 1. The van der Waals surface area contributed by atoms with Crippen LogP contribution in [0.25, 0.3) is 22.4 Å². The lowest BCUT2D eigenvalue weighted by Crippen LogP contribution is -2.01. The van der Waals surface area contributed by atoms with E-state index in [1.165, 1.54) is 5.56 Å². The van der Waals surface area contributed by atoms with Crippen molar-refractivity contribution in [1.29, 1.82) is 0 Å². The zero-order chi connectivity index (χ0) is 16.6. The second-order valence-electron chi connectivity index (χ2n) is 5.63. The van der Waals surface area contributed by atoms with E-state index in [9.17, 15) is 0 Å². The number of pyridine rings is 1. The van der Waals surface area contributed by atoms with E-state index in [0.29, 0.717) is 5.15 Å². The molecule has 0 fully saturated rings. The molecule has 0 saturated carbocycles. The minimum Gasteiger partial charge on any atom is -0.368 e. The quantitative estimate of drug-likeness (QED) is 0.711. The summed E-state index contributed by atoms with van der Waals surface area (Å²) in [6.45, 7) is 6.25. The summed E-state index contributed by atoms with van der Waals surface area (Å²) in [6, 6.07) is 7.95. The van der Waals surface area contributed by atoms with Gasteiger partial charge in [0.1, 0.15) is 5.15 Å². The molecular formula is C18H17ClN4. The Morgan fingerprint density at radius 3 is 2.26 bits per heavy atom. The second-order valence-corrected chi connectivity index (χ2v) is 6.02. The molecule has 0 atom stereocenters. The maximum atomic E-state index is 5.89. The van der Waals surface area contributed by atoms with Crippen LogP contribution in [0, 0.1) is 20.8 Å². The van der Waals surface area contributed by atoms with Gasteiger partial charge in [-0.3, -0.25) is 0 Å². The van der Waals surface area contributed by atoms with E-state index < -0.39 is 0 Å². The lowest BCUT2D eigenvalue weighted by atomic mass is 9.93. The van der Waals surface area contributed by atoms with E-state index in [0.717, 1.165) is 33.5 Å². The molecule has 2 aromatic heterocycles. The standard InChI is InChI=1S/C18H17ClN4/c1-10-6-11(2)16(12(3)7-10)17-14(9-22-18(20)23-17)13-4-5-15(19)21-8-13/h4-9H,1-3H3,(H2,20,22,23). The zero-order valence-corrected chi connectivity index (χ0v) is 14.0. The fourth-order valence-electron chi connectivity index (χ4n) is 2.89. The Morgan fingerprint density at radius 1 is 0.957 bits per heavy atom. The maximum Gasteiger partial charge on any atom is 0.220 e. The molecule has 0 aliphatic carbocycles. The van der Waals surface area contributed by atoms with Gasteiger partial charge in [-0.25, -0.2) is 15.0 Å². The number of anilines is 1. The molecule has 0 aliphatic rings. The lowest BCUT2D eigenvalue weighted by Gasteiger charge is -2.15. The Balaban J connectivity index is 2.28. The molecule has 116 valence electrons. The number of benzene rings is 1. The highest BCUT2D eigenvalue weighted by Crippen LogP contribution is 2.34. The van der Waals surface area contributed by atoms with Crippen LogP contribution >= 0.6 is 11.6 Å². The number of halogens is 1. The highest BCUT2D eigenvalue weighted by atomic mass is 35.5. The first kappa shape index (κ1) is 15.4. The summed E-state index contributed by atoms with van der Waals surface area (Å²) in [5.41, 5.74) is 13.1. The van der Waals surface area contributed by atoms with Crippen molar-refractivity contribution in [3.63, 3.8) is 0 Å². The van der Waals surface area contributed by atoms with Gasteiger partial charge in [-0.2, -0.15) is 0 Å². The van der Waals surface area contributed by atoms with Crippen LogP contribution in [0.5, 0.6) is 0 Å². The third kappa shape index (κ3) is 3.03. The predicted molar refractivity (Wildman–Crippen MR) is 94.3 cm³/mol. The molecule has 0 saturated heterocycles. The molecule has 2 N–H and O–H groups in total. The maximum absolute atomic E-state index is 5.89. The molecule has 3 aromatic rings. The molecule has 23 heavy (non-hydrogen) atoms. The largest absolute Gasteiger partial charge is 0.368 e.